The van der Waals surface area contributed by atoms with Crippen LogP contribution in [0.1, 0.15) is 43.8 Å². The SMILES string of the molecule is CCC(c1nc(-c2cc3c(Nc4ccc(OCc5cccc(F)c5)c(Cl)c4)ncnc3cn2)cs1)N(CC)S(=O)(=O)CC. The molecule has 0 amide bonds. The van der Waals surface area contributed by atoms with Crippen molar-refractivity contribution < 1.29 is 17.5 Å². The second kappa shape index (κ2) is 13.3. The summed E-state index contributed by atoms with van der Waals surface area (Å²) in [4.78, 5) is 18.1. The van der Waals surface area contributed by atoms with Crippen LogP contribution >= 0.6 is 22.9 Å². The minimum atomic E-state index is -3.38. The molecule has 0 radical (unpaired) electrons. The number of aromatic nitrogens is 4. The Kier molecular flexibility index (Phi) is 9.50. The molecule has 0 bridgehead atoms. The van der Waals surface area contributed by atoms with Crippen LogP contribution < -0.4 is 10.1 Å². The summed E-state index contributed by atoms with van der Waals surface area (Å²) in [5, 5.41) is 7.00. The zero-order valence-electron chi connectivity index (χ0n) is 23.8. The first-order chi connectivity index (χ1) is 20.7. The summed E-state index contributed by atoms with van der Waals surface area (Å²) in [6.07, 6.45) is 3.71. The van der Waals surface area contributed by atoms with Crippen LogP contribution in [0, 0.1) is 5.82 Å². The first-order valence-corrected chi connectivity index (χ1v) is 16.6. The molecule has 3 aromatic heterocycles. The lowest BCUT2D eigenvalue weighted by Crippen LogP contribution is -2.35. The first kappa shape index (κ1) is 30.7. The number of nitrogens with one attached hydrogen (secondary N) is 1. The Labute approximate surface area is 258 Å². The van der Waals surface area contributed by atoms with Crippen molar-refractivity contribution in [1.82, 2.24) is 24.2 Å². The average Bonchev–Trinajstić information content (AvgIpc) is 3.49. The van der Waals surface area contributed by atoms with Gasteiger partial charge in [0.2, 0.25) is 10.0 Å². The smallest absolute Gasteiger partial charge is 0.214 e. The molecule has 9 nitrogen and oxygen atoms in total. The van der Waals surface area contributed by atoms with Gasteiger partial charge >= 0.3 is 0 Å². The van der Waals surface area contributed by atoms with Crippen LogP contribution in [-0.4, -0.2) is 45.0 Å². The van der Waals surface area contributed by atoms with Gasteiger partial charge in [0.1, 0.15) is 35.3 Å². The number of fused-ring (bicyclic) bond motifs is 1. The monoisotopic (exact) mass is 640 g/mol. The normalized spacial score (nSPS) is 12.5. The number of nitrogens with zero attached hydrogens (tertiary/aromatic N) is 5. The van der Waals surface area contributed by atoms with Gasteiger partial charge in [-0.15, -0.1) is 11.3 Å². The molecule has 1 unspecified atom stereocenters. The summed E-state index contributed by atoms with van der Waals surface area (Å²) >= 11 is 7.91. The first-order valence-electron chi connectivity index (χ1n) is 13.7. The second-order valence-electron chi connectivity index (χ2n) is 9.60. The number of ether oxygens (including phenoxy) is 1. The number of thiazole rings is 1. The van der Waals surface area contributed by atoms with Crippen LogP contribution in [0.25, 0.3) is 22.3 Å². The van der Waals surface area contributed by atoms with E-state index in [0.717, 1.165) is 10.4 Å². The van der Waals surface area contributed by atoms with Crippen LogP contribution in [-0.2, 0) is 16.6 Å². The van der Waals surface area contributed by atoms with Gasteiger partial charge in [-0.05, 0) is 55.3 Å². The molecule has 0 aliphatic heterocycles. The summed E-state index contributed by atoms with van der Waals surface area (Å²) in [5.74, 6) is 0.723. The molecule has 1 atom stereocenters. The van der Waals surface area contributed by atoms with E-state index in [4.69, 9.17) is 21.3 Å². The van der Waals surface area contributed by atoms with Crippen molar-refractivity contribution in [3.05, 3.63) is 87.8 Å². The number of rotatable bonds is 12. The molecule has 3 heterocycles. The third-order valence-corrected chi connectivity index (χ3v) is 10.0. The number of halogens is 2. The number of benzene rings is 2. The van der Waals surface area contributed by atoms with Gasteiger partial charge in [0, 0.05) is 23.0 Å². The molecular weight excluding hydrogens is 611 g/mol. The molecule has 43 heavy (non-hydrogen) atoms. The number of hydrogen-bond donors (Lipinski definition) is 1. The standard InChI is InChI=1S/C30H30ClFN6O3S2/c1-4-27(38(5-2)43(39,40)6-3)30-37-26(17-42-30)24-14-22-25(15-33-24)34-18-35-29(22)36-21-10-11-28(23(31)13-21)41-16-19-8-7-9-20(32)12-19/h7-15,17-18,27H,4-6,16H2,1-3H3,(H,34,35,36). The van der Waals surface area contributed by atoms with Gasteiger partial charge in [0.05, 0.1) is 39.9 Å². The van der Waals surface area contributed by atoms with Crippen molar-refractivity contribution in [2.45, 2.75) is 39.8 Å². The minimum Gasteiger partial charge on any atom is -0.487 e. The van der Waals surface area contributed by atoms with E-state index in [-0.39, 0.29) is 24.2 Å². The van der Waals surface area contributed by atoms with E-state index in [1.807, 2.05) is 31.4 Å². The molecule has 2 aromatic carbocycles. The Balaban J connectivity index is 1.38. The summed E-state index contributed by atoms with van der Waals surface area (Å²) in [5.41, 5.74) is 3.27. The Morgan fingerprint density at radius 1 is 1.07 bits per heavy atom. The lowest BCUT2D eigenvalue weighted by Gasteiger charge is -2.27. The van der Waals surface area contributed by atoms with E-state index in [1.165, 1.54) is 34.1 Å². The maximum atomic E-state index is 13.5. The Bertz CT molecular complexity index is 1850. The molecule has 0 spiro atoms. The van der Waals surface area contributed by atoms with E-state index in [9.17, 15) is 12.8 Å². The zero-order valence-corrected chi connectivity index (χ0v) is 26.2. The van der Waals surface area contributed by atoms with Crippen LogP contribution in [0.3, 0.4) is 0 Å². The van der Waals surface area contributed by atoms with E-state index in [2.05, 4.69) is 20.3 Å². The van der Waals surface area contributed by atoms with Crippen LogP contribution in [0.2, 0.25) is 5.02 Å². The molecule has 0 fully saturated rings. The van der Waals surface area contributed by atoms with Crippen LogP contribution in [0.15, 0.2) is 66.4 Å². The van der Waals surface area contributed by atoms with Gasteiger partial charge in [0.15, 0.2) is 0 Å². The highest BCUT2D eigenvalue weighted by molar-refractivity contribution is 7.89. The van der Waals surface area contributed by atoms with Crippen molar-refractivity contribution in [3.63, 3.8) is 0 Å². The van der Waals surface area contributed by atoms with E-state index < -0.39 is 10.0 Å². The summed E-state index contributed by atoms with van der Waals surface area (Å²) in [6, 6.07) is 13.0. The molecule has 0 saturated heterocycles. The molecule has 0 saturated carbocycles. The zero-order chi connectivity index (χ0) is 30.6. The highest BCUT2D eigenvalue weighted by atomic mass is 35.5. The Hall–Kier alpha value is -3.71. The fourth-order valence-corrected chi connectivity index (χ4v) is 7.33. The predicted octanol–water partition coefficient (Wildman–Crippen LogP) is 7.39. The lowest BCUT2D eigenvalue weighted by molar-refractivity contribution is 0.306. The van der Waals surface area contributed by atoms with Crippen molar-refractivity contribution in [1.29, 1.82) is 0 Å². The molecule has 0 aliphatic carbocycles. The third kappa shape index (κ3) is 6.93. The van der Waals surface area contributed by atoms with E-state index in [1.54, 1.807) is 37.4 Å². The van der Waals surface area contributed by atoms with Gasteiger partial charge in [-0.25, -0.2) is 27.8 Å². The van der Waals surface area contributed by atoms with Crippen LogP contribution in [0.5, 0.6) is 5.75 Å². The summed E-state index contributed by atoms with van der Waals surface area (Å²) < 4.78 is 46.2. The number of anilines is 2. The molecule has 5 rings (SSSR count). The van der Waals surface area contributed by atoms with Gasteiger partial charge in [-0.2, -0.15) is 4.31 Å². The second-order valence-corrected chi connectivity index (χ2v) is 13.1. The fraction of sp³-hybridized carbons (Fsp3) is 0.267. The average molecular weight is 641 g/mol. The van der Waals surface area contributed by atoms with Gasteiger partial charge in [-0.3, -0.25) is 4.98 Å². The highest BCUT2D eigenvalue weighted by Crippen LogP contribution is 2.34. The Morgan fingerprint density at radius 2 is 1.91 bits per heavy atom. The molecule has 1 N–H and O–H groups in total. The topological polar surface area (TPSA) is 110 Å². The van der Waals surface area contributed by atoms with Crippen molar-refractivity contribution >= 4 is 55.4 Å². The maximum absolute atomic E-state index is 13.5. The Morgan fingerprint density at radius 3 is 2.63 bits per heavy atom. The minimum absolute atomic E-state index is 0.0352. The number of pyridine rings is 1. The lowest BCUT2D eigenvalue weighted by atomic mass is 10.2. The van der Waals surface area contributed by atoms with Crippen molar-refractivity contribution in [2.75, 3.05) is 17.6 Å². The number of hydrogen-bond acceptors (Lipinski definition) is 9. The molecular formula is C30H30ClFN6O3S2. The third-order valence-electron chi connectivity index (χ3n) is 6.84. The van der Waals surface area contributed by atoms with Crippen molar-refractivity contribution in [3.8, 4) is 17.1 Å². The van der Waals surface area contributed by atoms with Crippen molar-refractivity contribution in [2.24, 2.45) is 0 Å². The molecule has 13 heteroatoms. The van der Waals surface area contributed by atoms with Gasteiger partial charge < -0.3 is 10.1 Å². The quantitative estimate of drug-likeness (QED) is 0.150. The molecule has 5 aromatic rings. The largest absolute Gasteiger partial charge is 0.487 e. The summed E-state index contributed by atoms with van der Waals surface area (Å²) in [6.45, 7) is 5.99. The van der Waals surface area contributed by atoms with E-state index >= 15 is 0 Å². The predicted molar refractivity (Wildman–Crippen MR) is 169 cm³/mol. The van der Waals surface area contributed by atoms with Crippen LogP contribution in [0.4, 0.5) is 15.9 Å². The fourth-order valence-electron chi connectivity index (χ4n) is 4.66. The van der Waals surface area contributed by atoms with Gasteiger partial charge in [0.25, 0.3) is 0 Å². The van der Waals surface area contributed by atoms with Gasteiger partial charge in [-0.1, -0.05) is 37.6 Å². The van der Waals surface area contributed by atoms with E-state index in [0.29, 0.717) is 57.7 Å². The molecule has 224 valence electrons. The number of sulfonamides is 1. The maximum Gasteiger partial charge on any atom is 0.214 e. The highest BCUT2D eigenvalue weighted by Gasteiger charge is 2.29. The molecule has 0 aliphatic rings. The summed E-state index contributed by atoms with van der Waals surface area (Å²) in [7, 11) is -3.38.